The molecule has 0 unspecified atom stereocenters. The maximum atomic E-state index is 12.7. The van der Waals surface area contributed by atoms with Gasteiger partial charge in [-0.25, -0.2) is 0 Å². The summed E-state index contributed by atoms with van der Waals surface area (Å²) in [5.41, 5.74) is -0.284. The largest absolute Gasteiger partial charge is 0.417 e. The molecule has 0 saturated carbocycles. The summed E-state index contributed by atoms with van der Waals surface area (Å²) < 4.78 is 38.3. The van der Waals surface area contributed by atoms with Crippen LogP contribution in [0.25, 0.3) is 10.1 Å². The zero-order chi connectivity index (χ0) is 12.6. The number of Topliss-reactive ketones (excluding diaryl/α,β-unsaturated/α-hetero) is 1. The van der Waals surface area contributed by atoms with Crippen LogP contribution in [0.15, 0.2) is 23.6 Å². The van der Waals surface area contributed by atoms with E-state index in [9.17, 15) is 18.0 Å². The van der Waals surface area contributed by atoms with E-state index in [1.807, 2.05) is 0 Å². The lowest BCUT2D eigenvalue weighted by Gasteiger charge is -2.07. The SMILES string of the molecule is CCC(=O)c1csc2c(C(F)(F)F)cccc12. The molecule has 90 valence electrons. The highest BCUT2D eigenvalue weighted by molar-refractivity contribution is 7.17. The Morgan fingerprint density at radius 3 is 2.65 bits per heavy atom. The van der Waals surface area contributed by atoms with Gasteiger partial charge in [0.2, 0.25) is 0 Å². The van der Waals surface area contributed by atoms with Crippen LogP contribution in [0.3, 0.4) is 0 Å². The fourth-order valence-corrected chi connectivity index (χ4v) is 2.80. The van der Waals surface area contributed by atoms with Gasteiger partial charge >= 0.3 is 6.18 Å². The second-order valence-corrected chi connectivity index (χ2v) is 4.49. The summed E-state index contributed by atoms with van der Waals surface area (Å²) in [5, 5.41) is 1.91. The van der Waals surface area contributed by atoms with Crippen molar-refractivity contribution in [3.63, 3.8) is 0 Å². The van der Waals surface area contributed by atoms with Crippen LogP contribution >= 0.6 is 11.3 Å². The molecule has 0 fully saturated rings. The van der Waals surface area contributed by atoms with Gasteiger partial charge in [0.1, 0.15) is 0 Å². The molecule has 2 aromatic rings. The van der Waals surface area contributed by atoms with Crippen LogP contribution in [-0.2, 0) is 6.18 Å². The Morgan fingerprint density at radius 1 is 1.35 bits per heavy atom. The molecular weight excluding hydrogens is 249 g/mol. The highest BCUT2D eigenvalue weighted by Gasteiger charge is 2.33. The summed E-state index contributed by atoms with van der Waals surface area (Å²) >= 11 is 0.970. The van der Waals surface area contributed by atoms with Crippen LogP contribution in [-0.4, -0.2) is 5.78 Å². The zero-order valence-electron chi connectivity index (χ0n) is 8.97. The molecule has 5 heteroatoms. The fourth-order valence-electron chi connectivity index (χ4n) is 1.69. The van der Waals surface area contributed by atoms with Crippen LogP contribution in [0.5, 0.6) is 0 Å². The Balaban J connectivity index is 2.69. The van der Waals surface area contributed by atoms with Gasteiger partial charge in [-0.1, -0.05) is 19.1 Å². The number of carbonyl (C=O) groups excluding carboxylic acids is 1. The van der Waals surface area contributed by atoms with Gasteiger partial charge < -0.3 is 0 Å². The van der Waals surface area contributed by atoms with Gasteiger partial charge in [0.15, 0.2) is 5.78 Å². The van der Waals surface area contributed by atoms with Crippen molar-refractivity contribution in [2.75, 3.05) is 0 Å². The van der Waals surface area contributed by atoms with Gasteiger partial charge in [-0.3, -0.25) is 4.79 Å². The lowest BCUT2D eigenvalue weighted by atomic mass is 10.1. The number of alkyl halides is 3. The van der Waals surface area contributed by atoms with Crippen molar-refractivity contribution < 1.29 is 18.0 Å². The van der Waals surface area contributed by atoms with E-state index in [1.54, 1.807) is 13.0 Å². The predicted octanol–water partition coefficient (Wildman–Crippen LogP) is 4.51. The third-order valence-corrected chi connectivity index (χ3v) is 3.56. The standard InChI is InChI=1S/C12H9F3OS/c1-2-10(16)8-6-17-11-7(8)4-3-5-9(11)12(13,14)15/h3-6H,2H2,1H3. The second-order valence-electron chi connectivity index (χ2n) is 3.61. The molecule has 0 spiro atoms. The molecule has 1 nitrogen and oxygen atoms in total. The molecule has 2 rings (SSSR count). The summed E-state index contributed by atoms with van der Waals surface area (Å²) in [6, 6.07) is 3.94. The van der Waals surface area contributed by atoms with Gasteiger partial charge in [0, 0.05) is 27.5 Å². The summed E-state index contributed by atoms with van der Waals surface area (Å²) in [6.45, 7) is 1.69. The molecule has 0 radical (unpaired) electrons. The molecule has 0 amide bonds. The maximum Gasteiger partial charge on any atom is 0.417 e. The Bertz CT molecular complexity index is 569. The van der Waals surface area contributed by atoms with E-state index in [0.717, 1.165) is 17.4 Å². The molecule has 0 atom stereocenters. The predicted molar refractivity (Wildman–Crippen MR) is 61.4 cm³/mol. The first kappa shape index (κ1) is 12.1. The van der Waals surface area contributed by atoms with Crippen molar-refractivity contribution in [3.8, 4) is 0 Å². The van der Waals surface area contributed by atoms with Crippen LogP contribution in [0.1, 0.15) is 29.3 Å². The third-order valence-electron chi connectivity index (χ3n) is 2.53. The molecule has 1 heterocycles. The van der Waals surface area contributed by atoms with Gasteiger partial charge in [-0.05, 0) is 6.07 Å². The van der Waals surface area contributed by atoms with Crippen LogP contribution < -0.4 is 0 Å². The topological polar surface area (TPSA) is 17.1 Å². The lowest BCUT2D eigenvalue weighted by molar-refractivity contribution is -0.136. The van der Waals surface area contributed by atoms with E-state index in [2.05, 4.69) is 0 Å². The first-order valence-electron chi connectivity index (χ1n) is 5.05. The average molecular weight is 258 g/mol. The number of fused-ring (bicyclic) bond motifs is 1. The van der Waals surface area contributed by atoms with E-state index < -0.39 is 11.7 Å². The van der Waals surface area contributed by atoms with Crippen molar-refractivity contribution in [2.24, 2.45) is 0 Å². The Labute approximate surface area is 99.9 Å². The number of thiophene rings is 1. The normalized spacial score (nSPS) is 12.0. The molecule has 0 aliphatic rings. The summed E-state index contributed by atoms with van der Waals surface area (Å²) in [7, 11) is 0. The number of rotatable bonds is 2. The van der Waals surface area contributed by atoms with Crippen LogP contribution in [0, 0.1) is 0 Å². The van der Waals surface area contributed by atoms with Crippen molar-refractivity contribution in [2.45, 2.75) is 19.5 Å². The minimum Gasteiger partial charge on any atom is -0.294 e. The molecule has 1 aromatic carbocycles. The molecular formula is C12H9F3OS. The van der Waals surface area contributed by atoms with Crippen molar-refractivity contribution in [1.82, 2.24) is 0 Å². The first-order valence-corrected chi connectivity index (χ1v) is 5.93. The number of ketones is 1. The fraction of sp³-hybridized carbons (Fsp3) is 0.250. The second kappa shape index (κ2) is 4.14. The average Bonchev–Trinajstić information content (AvgIpc) is 2.69. The molecule has 17 heavy (non-hydrogen) atoms. The Hall–Kier alpha value is -1.36. The minimum absolute atomic E-state index is 0.129. The summed E-state index contributed by atoms with van der Waals surface area (Å²) in [5.74, 6) is -0.129. The number of hydrogen-bond donors (Lipinski definition) is 0. The third kappa shape index (κ3) is 2.07. The number of halogens is 3. The zero-order valence-corrected chi connectivity index (χ0v) is 9.78. The van der Waals surface area contributed by atoms with Gasteiger partial charge in [-0.15, -0.1) is 11.3 Å². The van der Waals surface area contributed by atoms with E-state index in [4.69, 9.17) is 0 Å². The molecule has 0 bridgehead atoms. The number of hydrogen-bond acceptors (Lipinski definition) is 2. The summed E-state index contributed by atoms with van der Waals surface area (Å²) in [6.07, 6.45) is -4.08. The number of benzene rings is 1. The monoisotopic (exact) mass is 258 g/mol. The van der Waals surface area contributed by atoms with E-state index in [1.165, 1.54) is 11.4 Å². The van der Waals surface area contributed by atoms with Crippen molar-refractivity contribution >= 4 is 27.2 Å². The maximum absolute atomic E-state index is 12.7. The Kier molecular flexibility index (Phi) is 2.95. The van der Waals surface area contributed by atoms with E-state index in [0.29, 0.717) is 17.4 Å². The molecule has 0 aliphatic heterocycles. The quantitative estimate of drug-likeness (QED) is 0.724. The molecule has 0 aliphatic carbocycles. The Morgan fingerprint density at radius 2 is 2.06 bits per heavy atom. The van der Waals surface area contributed by atoms with Gasteiger partial charge in [-0.2, -0.15) is 13.2 Å². The smallest absolute Gasteiger partial charge is 0.294 e. The molecule has 1 aromatic heterocycles. The van der Waals surface area contributed by atoms with E-state index >= 15 is 0 Å². The van der Waals surface area contributed by atoms with Crippen LogP contribution in [0.4, 0.5) is 13.2 Å². The van der Waals surface area contributed by atoms with Crippen molar-refractivity contribution in [3.05, 3.63) is 34.7 Å². The highest BCUT2D eigenvalue weighted by Crippen LogP contribution is 2.38. The van der Waals surface area contributed by atoms with Crippen LogP contribution in [0.2, 0.25) is 0 Å². The number of carbonyl (C=O) groups is 1. The van der Waals surface area contributed by atoms with Gasteiger partial charge in [0.25, 0.3) is 0 Å². The molecule has 0 saturated heterocycles. The minimum atomic E-state index is -4.38. The first-order chi connectivity index (χ1) is 7.95. The lowest BCUT2D eigenvalue weighted by Crippen LogP contribution is -2.04. The summed E-state index contributed by atoms with van der Waals surface area (Å²) in [4.78, 5) is 11.6. The van der Waals surface area contributed by atoms with Gasteiger partial charge in [0.05, 0.1) is 5.56 Å². The molecule has 0 N–H and O–H groups in total. The van der Waals surface area contributed by atoms with E-state index in [-0.39, 0.29) is 10.5 Å². The highest BCUT2D eigenvalue weighted by atomic mass is 32.1. The van der Waals surface area contributed by atoms with Crippen molar-refractivity contribution in [1.29, 1.82) is 0 Å².